The molecule has 1 aromatic carbocycles. The van der Waals surface area contributed by atoms with Gasteiger partial charge in [-0.15, -0.1) is 0 Å². The zero-order valence-electron chi connectivity index (χ0n) is 12.5. The molecule has 1 fully saturated rings. The first-order valence-electron chi connectivity index (χ1n) is 7.40. The molecule has 2 N–H and O–H groups in total. The number of likely N-dealkylation sites (tertiary alicyclic amines) is 1. The number of hydrogen-bond donors (Lipinski definition) is 1. The Balaban J connectivity index is 1.74. The van der Waals surface area contributed by atoms with Crippen LogP contribution in [0.5, 0.6) is 0 Å². The van der Waals surface area contributed by atoms with Gasteiger partial charge in [-0.2, -0.15) is 5.10 Å². The molecule has 2 heterocycles. The largest absolute Gasteiger partial charge is 0.337 e. The smallest absolute Gasteiger partial charge is 0.274 e. The van der Waals surface area contributed by atoms with Crippen molar-refractivity contribution in [3.8, 4) is 5.69 Å². The summed E-state index contributed by atoms with van der Waals surface area (Å²) in [5.41, 5.74) is 6.88. The van der Waals surface area contributed by atoms with E-state index in [0.717, 1.165) is 12.8 Å². The first-order chi connectivity index (χ1) is 11.0. The number of carbonyl (C=O) groups is 1. The second-order valence-corrected chi connectivity index (χ2v) is 5.55. The van der Waals surface area contributed by atoms with E-state index in [9.17, 15) is 14.9 Å². The van der Waals surface area contributed by atoms with Crippen molar-refractivity contribution in [1.29, 1.82) is 0 Å². The van der Waals surface area contributed by atoms with Crippen molar-refractivity contribution in [2.45, 2.75) is 18.9 Å². The summed E-state index contributed by atoms with van der Waals surface area (Å²) in [6.45, 7) is 1.29. The molecule has 0 unspecified atom stereocenters. The van der Waals surface area contributed by atoms with E-state index in [4.69, 9.17) is 5.73 Å². The summed E-state index contributed by atoms with van der Waals surface area (Å²) in [7, 11) is 0. The third-order valence-corrected chi connectivity index (χ3v) is 3.96. The molecule has 3 rings (SSSR count). The highest BCUT2D eigenvalue weighted by Crippen LogP contribution is 2.16. The summed E-state index contributed by atoms with van der Waals surface area (Å²) >= 11 is 0. The summed E-state index contributed by atoms with van der Waals surface area (Å²) in [6, 6.07) is 7.82. The van der Waals surface area contributed by atoms with Crippen LogP contribution in [0.1, 0.15) is 23.3 Å². The molecule has 0 spiro atoms. The SMILES string of the molecule is NC1CCN(C(=O)c2ccn(-c3ccc([N+](=O)[O-])cc3)n2)CC1. The summed E-state index contributed by atoms with van der Waals surface area (Å²) in [4.78, 5) is 24.4. The van der Waals surface area contributed by atoms with Crippen molar-refractivity contribution in [1.82, 2.24) is 14.7 Å². The molecule has 0 radical (unpaired) electrons. The lowest BCUT2D eigenvalue weighted by molar-refractivity contribution is -0.384. The number of piperidine rings is 1. The van der Waals surface area contributed by atoms with Crippen LogP contribution in [0.4, 0.5) is 5.69 Å². The fraction of sp³-hybridized carbons (Fsp3) is 0.333. The topological polar surface area (TPSA) is 107 Å². The molecule has 0 atom stereocenters. The maximum atomic E-state index is 12.4. The predicted molar refractivity (Wildman–Crippen MR) is 83.3 cm³/mol. The highest BCUT2D eigenvalue weighted by molar-refractivity contribution is 5.92. The Morgan fingerprint density at radius 2 is 1.87 bits per heavy atom. The van der Waals surface area contributed by atoms with Gasteiger partial charge in [0.15, 0.2) is 5.69 Å². The van der Waals surface area contributed by atoms with Gasteiger partial charge in [0.2, 0.25) is 0 Å². The summed E-state index contributed by atoms with van der Waals surface area (Å²) in [5.74, 6) is -0.113. The quantitative estimate of drug-likeness (QED) is 0.679. The molecule has 1 aromatic heterocycles. The Labute approximate surface area is 132 Å². The van der Waals surface area contributed by atoms with E-state index in [2.05, 4.69) is 5.10 Å². The van der Waals surface area contributed by atoms with Crippen molar-refractivity contribution < 1.29 is 9.72 Å². The van der Waals surface area contributed by atoms with Gasteiger partial charge in [-0.05, 0) is 31.0 Å². The predicted octanol–water partition coefficient (Wildman–Crippen LogP) is 1.34. The van der Waals surface area contributed by atoms with Gasteiger partial charge in [-0.1, -0.05) is 0 Å². The van der Waals surface area contributed by atoms with Crippen molar-refractivity contribution in [3.63, 3.8) is 0 Å². The zero-order chi connectivity index (χ0) is 16.4. The van der Waals surface area contributed by atoms with E-state index in [-0.39, 0.29) is 17.6 Å². The minimum Gasteiger partial charge on any atom is -0.337 e. The van der Waals surface area contributed by atoms with Crippen LogP contribution in [0, 0.1) is 10.1 Å². The van der Waals surface area contributed by atoms with Crippen molar-refractivity contribution in [2.75, 3.05) is 13.1 Å². The van der Waals surface area contributed by atoms with Crippen LogP contribution in [0.3, 0.4) is 0 Å². The standard InChI is InChI=1S/C15H17N5O3/c16-11-5-8-18(9-6-11)15(21)14-7-10-19(17-14)12-1-3-13(4-2-12)20(22)23/h1-4,7,10-11H,5-6,8-9,16H2. The number of amides is 1. The van der Waals surface area contributed by atoms with Crippen LogP contribution in [0.2, 0.25) is 0 Å². The number of nitrogens with zero attached hydrogens (tertiary/aromatic N) is 4. The first-order valence-corrected chi connectivity index (χ1v) is 7.40. The molecular weight excluding hydrogens is 298 g/mol. The highest BCUT2D eigenvalue weighted by Gasteiger charge is 2.23. The van der Waals surface area contributed by atoms with Crippen LogP contribution in [0.25, 0.3) is 5.69 Å². The van der Waals surface area contributed by atoms with Crippen LogP contribution >= 0.6 is 0 Å². The zero-order valence-corrected chi connectivity index (χ0v) is 12.5. The van der Waals surface area contributed by atoms with E-state index >= 15 is 0 Å². The molecule has 8 heteroatoms. The summed E-state index contributed by atoms with van der Waals surface area (Å²) in [5, 5.41) is 14.9. The molecule has 1 amide bonds. The number of hydrogen-bond acceptors (Lipinski definition) is 5. The van der Waals surface area contributed by atoms with Crippen molar-refractivity contribution in [2.24, 2.45) is 5.73 Å². The van der Waals surface area contributed by atoms with E-state index in [1.54, 1.807) is 29.3 Å². The highest BCUT2D eigenvalue weighted by atomic mass is 16.6. The normalized spacial score (nSPS) is 15.6. The number of nitro benzene ring substituents is 1. The Kier molecular flexibility index (Phi) is 4.07. The number of nitrogens with two attached hydrogens (primary N) is 1. The third kappa shape index (κ3) is 3.21. The van der Waals surface area contributed by atoms with Crippen LogP contribution in [0.15, 0.2) is 36.5 Å². The van der Waals surface area contributed by atoms with Crippen molar-refractivity contribution in [3.05, 3.63) is 52.3 Å². The number of nitro groups is 1. The molecule has 8 nitrogen and oxygen atoms in total. The van der Waals surface area contributed by atoms with Crippen LogP contribution < -0.4 is 5.73 Å². The van der Waals surface area contributed by atoms with Crippen LogP contribution in [-0.4, -0.2) is 44.6 Å². The van der Waals surface area contributed by atoms with Crippen molar-refractivity contribution >= 4 is 11.6 Å². The fourth-order valence-corrected chi connectivity index (χ4v) is 2.57. The summed E-state index contributed by atoms with van der Waals surface area (Å²) in [6.07, 6.45) is 3.27. The Morgan fingerprint density at radius 1 is 1.22 bits per heavy atom. The van der Waals surface area contributed by atoms with Crippen LogP contribution in [-0.2, 0) is 0 Å². The van der Waals surface area contributed by atoms with Gasteiger partial charge in [-0.3, -0.25) is 14.9 Å². The minimum absolute atomic E-state index is 0.0156. The van der Waals surface area contributed by atoms with E-state index < -0.39 is 4.92 Å². The van der Waals surface area contributed by atoms with Gasteiger partial charge in [0, 0.05) is 37.5 Å². The Bertz CT molecular complexity index is 717. The van der Waals surface area contributed by atoms with Gasteiger partial charge in [0.05, 0.1) is 10.6 Å². The maximum absolute atomic E-state index is 12.4. The lowest BCUT2D eigenvalue weighted by atomic mass is 10.1. The molecule has 0 bridgehead atoms. The molecule has 1 aliphatic rings. The molecule has 0 aliphatic carbocycles. The number of aromatic nitrogens is 2. The molecule has 1 aliphatic heterocycles. The molecule has 1 saturated heterocycles. The Morgan fingerprint density at radius 3 is 2.48 bits per heavy atom. The monoisotopic (exact) mass is 315 g/mol. The number of benzene rings is 1. The molecular formula is C15H17N5O3. The van der Waals surface area contributed by atoms with Gasteiger partial charge in [0.25, 0.3) is 11.6 Å². The number of carbonyl (C=O) groups excluding carboxylic acids is 1. The first kappa shape index (κ1) is 15.2. The lowest BCUT2D eigenvalue weighted by Gasteiger charge is -2.29. The second-order valence-electron chi connectivity index (χ2n) is 5.55. The van der Waals surface area contributed by atoms with Gasteiger partial charge < -0.3 is 10.6 Å². The Hall–Kier alpha value is -2.74. The number of rotatable bonds is 3. The fourth-order valence-electron chi connectivity index (χ4n) is 2.57. The average Bonchev–Trinajstić information content (AvgIpc) is 3.05. The maximum Gasteiger partial charge on any atom is 0.274 e. The summed E-state index contributed by atoms with van der Waals surface area (Å²) < 4.78 is 1.53. The molecule has 0 saturated carbocycles. The number of non-ortho nitro benzene ring substituents is 1. The third-order valence-electron chi connectivity index (χ3n) is 3.96. The van der Waals surface area contributed by atoms with E-state index in [0.29, 0.717) is 24.5 Å². The second kappa shape index (κ2) is 6.17. The average molecular weight is 315 g/mol. The van der Waals surface area contributed by atoms with Gasteiger partial charge in [-0.25, -0.2) is 4.68 Å². The van der Waals surface area contributed by atoms with E-state index in [1.165, 1.54) is 16.8 Å². The molecule has 120 valence electrons. The molecule has 2 aromatic rings. The minimum atomic E-state index is -0.455. The van der Waals surface area contributed by atoms with E-state index in [1.807, 2.05) is 0 Å². The van der Waals surface area contributed by atoms with Gasteiger partial charge >= 0.3 is 0 Å². The lowest BCUT2D eigenvalue weighted by Crippen LogP contribution is -2.43. The molecule has 23 heavy (non-hydrogen) atoms. The van der Waals surface area contributed by atoms with Gasteiger partial charge in [0.1, 0.15) is 0 Å².